The molecule has 5 rings (SSSR count). The van der Waals surface area contributed by atoms with Crippen LogP contribution in [0.25, 0.3) is 16.8 Å². The second-order valence-electron chi connectivity index (χ2n) is 10.7. The first-order chi connectivity index (χ1) is 18.2. The highest BCUT2D eigenvalue weighted by Gasteiger charge is 2.32. The molecule has 4 unspecified atom stereocenters. The first-order valence-electron chi connectivity index (χ1n) is 13.1. The topological polar surface area (TPSA) is 90.4 Å². The first kappa shape index (κ1) is 26.2. The monoisotopic (exact) mass is 520 g/mol. The van der Waals surface area contributed by atoms with Crippen LogP contribution in [0.15, 0.2) is 48.9 Å². The fourth-order valence-corrected chi connectivity index (χ4v) is 5.28. The molecule has 200 valence electrons. The average Bonchev–Trinajstić information content (AvgIpc) is 3.27. The number of ether oxygens (including phenoxy) is 1. The van der Waals surface area contributed by atoms with Crippen LogP contribution in [0.4, 0.5) is 20.4 Å². The molecule has 9 heteroatoms. The van der Waals surface area contributed by atoms with E-state index in [1.807, 2.05) is 19.9 Å². The van der Waals surface area contributed by atoms with Crippen LogP contribution >= 0.6 is 0 Å². The number of anilines is 2. The number of nitrogens with one attached hydrogen (secondary N) is 1. The van der Waals surface area contributed by atoms with E-state index in [0.29, 0.717) is 28.9 Å². The first-order valence-corrected chi connectivity index (χ1v) is 13.1. The minimum atomic E-state index is -0.694. The maximum absolute atomic E-state index is 15.0. The standard InChI is InChI=1S/C29H34F2N6O/c1-16(2)38-15-19-10-23(30)28(24(31)11-19)26-6-5-21-13-34-29(37(21)36-26)35-27-14-33-8-7-22(27)20-9-17(3)18(4)25(32)12-20/h5-8,10-11,13-14,16-18,20,25H,9,12,15,32H2,1-4H3,(H,34,35). The van der Waals surface area contributed by atoms with Crippen LogP contribution in [0.2, 0.25) is 0 Å². The zero-order valence-corrected chi connectivity index (χ0v) is 22.2. The molecular weight excluding hydrogens is 486 g/mol. The Balaban J connectivity index is 1.46. The molecule has 0 amide bonds. The summed E-state index contributed by atoms with van der Waals surface area (Å²) >= 11 is 0. The summed E-state index contributed by atoms with van der Waals surface area (Å²) in [5.74, 6) is 0.314. The second-order valence-corrected chi connectivity index (χ2v) is 10.7. The van der Waals surface area contributed by atoms with Gasteiger partial charge in [-0.1, -0.05) is 13.8 Å². The van der Waals surface area contributed by atoms with Gasteiger partial charge in [0.25, 0.3) is 0 Å². The lowest BCUT2D eigenvalue weighted by molar-refractivity contribution is 0.0654. The fourth-order valence-electron chi connectivity index (χ4n) is 5.28. The maximum atomic E-state index is 15.0. The summed E-state index contributed by atoms with van der Waals surface area (Å²) in [6.07, 6.45) is 7.11. The predicted octanol–water partition coefficient (Wildman–Crippen LogP) is 6.22. The quantitative estimate of drug-likeness (QED) is 0.301. The smallest absolute Gasteiger partial charge is 0.229 e. The molecular formula is C29H34F2N6O. The lowest BCUT2D eigenvalue weighted by Gasteiger charge is -2.37. The van der Waals surface area contributed by atoms with Gasteiger partial charge in [-0.25, -0.2) is 13.8 Å². The molecule has 1 fully saturated rings. The van der Waals surface area contributed by atoms with E-state index in [2.05, 4.69) is 34.2 Å². The molecule has 7 nitrogen and oxygen atoms in total. The molecule has 3 heterocycles. The van der Waals surface area contributed by atoms with Gasteiger partial charge in [0.15, 0.2) is 0 Å². The average molecular weight is 521 g/mol. The van der Waals surface area contributed by atoms with Crippen molar-refractivity contribution in [3.05, 3.63) is 71.7 Å². The Morgan fingerprint density at radius 1 is 1.11 bits per heavy atom. The lowest BCUT2D eigenvalue weighted by atomic mass is 9.71. The van der Waals surface area contributed by atoms with E-state index in [0.717, 1.165) is 24.1 Å². The number of imidazole rings is 1. The number of nitrogens with zero attached hydrogens (tertiary/aromatic N) is 4. The molecule has 3 N–H and O–H groups in total. The van der Waals surface area contributed by atoms with E-state index < -0.39 is 11.6 Å². The molecule has 0 spiro atoms. The third-order valence-corrected chi connectivity index (χ3v) is 7.65. The van der Waals surface area contributed by atoms with Crippen molar-refractivity contribution in [3.63, 3.8) is 0 Å². The van der Waals surface area contributed by atoms with Gasteiger partial charge in [-0.3, -0.25) is 4.98 Å². The van der Waals surface area contributed by atoms with E-state index in [4.69, 9.17) is 10.5 Å². The highest BCUT2D eigenvalue weighted by atomic mass is 19.1. The molecule has 4 atom stereocenters. The minimum absolute atomic E-state index is 0.0424. The molecule has 4 aromatic rings. The van der Waals surface area contributed by atoms with Crippen LogP contribution < -0.4 is 11.1 Å². The molecule has 0 saturated heterocycles. The zero-order chi connectivity index (χ0) is 27.0. The van der Waals surface area contributed by atoms with E-state index in [-0.39, 0.29) is 35.9 Å². The summed E-state index contributed by atoms with van der Waals surface area (Å²) < 4.78 is 37.1. The molecule has 1 aliphatic carbocycles. The van der Waals surface area contributed by atoms with Gasteiger partial charge < -0.3 is 15.8 Å². The highest BCUT2D eigenvalue weighted by Crippen LogP contribution is 2.41. The Hall–Kier alpha value is -3.43. The van der Waals surface area contributed by atoms with Crippen LogP contribution in [-0.2, 0) is 11.3 Å². The van der Waals surface area contributed by atoms with Gasteiger partial charge in [0.2, 0.25) is 5.95 Å². The van der Waals surface area contributed by atoms with Crippen molar-refractivity contribution in [2.75, 3.05) is 5.32 Å². The van der Waals surface area contributed by atoms with Crippen molar-refractivity contribution in [2.24, 2.45) is 17.6 Å². The van der Waals surface area contributed by atoms with Crippen LogP contribution in [0, 0.1) is 23.5 Å². The normalized spacial score (nSPS) is 21.8. The molecule has 1 aliphatic rings. The molecule has 0 aliphatic heterocycles. The Kier molecular flexibility index (Phi) is 7.40. The van der Waals surface area contributed by atoms with E-state index in [1.165, 1.54) is 12.1 Å². The number of nitrogens with two attached hydrogens (primary N) is 1. The number of rotatable bonds is 7. The van der Waals surface area contributed by atoms with E-state index in [1.54, 1.807) is 35.2 Å². The maximum Gasteiger partial charge on any atom is 0.229 e. The molecule has 1 saturated carbocycles. The summed E-state index contributed by atoms with van der Waals surface area (Å²) in [6, 6.07) is 8.06. The minimum Gasteiger partial charge on any atom is -0.374 e. The van der Waals surface area contributed by atoms with Gasteiger partial charge in [0, 0.05) is 12.2 Å². The predicted molar refractivity (Wildman–Crippen MR) is 144 cm³/mol. The van der Waals surface area contributed by atoms with Gasteiger partial charge in [-0.05, 0) is 85.9 Å². The number of pyridine rings is 1. The largest absolute Gasteiger partial charge is 0.374 e. The van der Waals surface area contributed by atoms with Crippen molar-refractivity contribution >= 4 is 17.2 Å². The molecule has 0 bridgehead atoms. The number of fused-ring (bicyclic) bond motifs is 1. The zero-order valence-electron chi connectivity index (χ0n) is 22.2. The molecule has 0 radical (unpaired) electrons. The number of hydrogen-bond acceptors (Lipinski definition) is 6. The SMILES string of the molecule is CC(C)OCc1cc(F)c(-c2ccc3cnc(Nc4cnccc4C4CC(C)C(C)C(N)C4)n3n2)c(F)c1. The van der Waals surface area contributed by atoms with Crippen LogP contribution in [0.1, 0.15) is 57.6 Å². The van der Waals surface area contributed by atoms with E-state index in [9.17, 15) is 0 Å². The third kappa shape index (κ3) is 5.26. The van der Waals surface area contributed by atoms with Crippen molar-refractivity contribution < 1.29 is 13.5 Å². The van der Waals surface area contributed by atoms with Gasteiger partial charge >= 0.3 is 0 Å². The fraction of sp³-hybridized carbons (Fsp3) is 0.414. The Bertz CT molecular complexity index is 1400. The summed E-state index contributed by atoms with van der Waals surface area (Å²) in [4.78, 5) is 8.80. The van der Waals surface area contributed by atoms with Crippen molar-refractivity contribution in [1.29, 1.82) is 0 Å². The molecule has 3 aromatic heterocycles. The number of hydrogen-bond donors (Lipinski definition) is 2. The summed E-state index contributed by atoms with van der Waals surface area (Å²) in [7, 11) is 0. The summed E-state index contributed by atoms with van der Waals surface area (Å²) in [6.45, 7) is 8.34. The van der Waals surface area contributed by atoms with Crippen molar-refractivity contribution in [1.82, 2.24) is 19.6 Å². The van der Waals surface area contributed by atoms with Crippen LogP contribution in [0.3, 0.4) is 0 Å². The highest BCUT2D eigenvalue weighted by molar-refractivity contribution is 5.66. The van der Waals surface area contributed by atoms with Crippen LogP contribution in [0.5, 0.6) is 0 Å². The molecule has 1 aromatic carbocycles. The van der Waals surface area contributed by atoms with Crippen molar-refractivity contribution in [2.45, 2.75) is 65.2 Å². The molecule has 38 heavy (non-hydrogen) atoms. The van der Waals surface area contributed by atoms with Crippen LogP contribution in [-0.4, -0.2) is 31.7 Å². The number of aromatic nitrogens is 4. The lowest BCUT2D eigenvalue weighted by Crippen LogP contribution is -2.39. The van der Waals surface area contributed by atoms with Gasteiger partial charge in [-0.15, -0.1) is 0 Å². The Morgan fingerprint density at radius 3 is 2.58 bits per heavy atom. The Morgan fingerprint density at radius 2 is 1.87 bits per heavy atom. The van der Waals surface area contributed by atoms with E-state index >= 15 is 8.78 Å². The number of benzene rings is 1. The number of halogens is 2. The summed E-state index contributed by atoms with van der Waals surface area (Å²) in [5.41, 5.74) is 9.49. The summed E-state index contributed by atoms with van der Waals surface area (Å²) in [5, 5.41) is 7.90. The van der Waals surface area contributed by atoms with Crippen molar-refractivity contribution in [3.8, 4) is 11.3 Å². The third-order valence-electron chi connectivity index (χ3n) is 7.65. The van der Waals surface area contributed by atoms with Gasteiger partial charge in [0.1, 0.15) is 11.6 Å². The second kappa shape index (κ2) is 10.7. The van der Waals surface area contributed by atoms with Gasteiger partial charge in [0.05, 0.1) is 47.6 Å². The van der Waals surface area contributed by atoms with Gasteiger partial charge in [-0.2, -0.15) is 9.61 Å². The Labute approximate surface area is 221 Å².